The zero-order valence-corrected chi connectivity index (χ0v) is 11.9. The van der Waals surface area contributed by atoms with Gasteiger partial charge in [0.05, 0.1) is 11.5 Å². The Hall–Kier alpha value is -0.570. The summed E-state index contributed by atoms with van der Waals surface area (Å²) in [4.78, 5) is 11.6. The SMILES string of the molecule is CC(C)(C)C(C(=O)O)C1CCOC2(CCCC2)C1. The summed E-state index contributed by atoms with van der Waals surface area (Å²) in [5.74, 6) is -0.615. The molecule has 1 saturated carbocycles. The largest absolute Gasteiger partial charge is 0.481 e. The number of ether oxygens (including phenoxy) is 1. The fraction of sp³-hybridized carbons (Fsp3) is 0.933. The zero-order chi connectivity index (χ0) is 13.4. The lowest BCUT2D eigenvalue weighted by Crippen LogP contribution is -2.44. The van der Waals surface area contributed by atoms with Crippen LogP contribution < -0.4 is 0 Å². The third-order valence-electron chi connectivity index (χ3n) is 4.72. The van der Waals surface area contributed by atoms with E-state index in [1.165, 1.54) is 12.8 Å². The Morgan fingerprint density at radius 2 is 1.94 bits per heavy atom. The molecule has 2 aliphatic rings. The van der Waals surface area contributed by atoms with Gasteiger partial charge in [-0.25, -0.2) is 0 Å². The monoisotopic (exact) mass is 254 g/mol. The van der Waals surface area contributed by atoms with Crippen LogP contribution in [0, 0.1) is 17.3 Å². The van der Waals surface area contributed by atoms with E-state index in [4.69, 9.17) is 4.74 Å². The fourth-order valence-electron chi connectivity index (χ4n) is 4.00. The molecule has 1 aliphatic carbocycles. The highest BCUT2D eigenvalue weighted by molar-refractivity contribution is 5.71. The smallest absolute Gasteiger partial charge is 0.307 e. The van der Waals surface area contributed by atoms with Crippen molar-refractivity contribution in [2.75, 3.05) is 6.61 Å². The maximum absolute atomic E-state index is 11.6. The lowest BCUT2D eigenvalue weighted by atomic mass is 9.67. The topological polar surface area (TPSA) is 46.5 Å². The van der Waals surface area contributed by atoms with E-state index in [1.54, 1.807) is 0 Å². The van der Waals surface area contributed by atoms with Crippen molar-refractivity contribution in [2.24, 2.45) is 17.3 Å². The average Bonchev–Trinajstić information content (AvgIpc) is 2.63. The Kier molecular flexibility index (Phi) is 3.72. The fourth-order valence-corrected chi connectivity index (χ4v) is 4.00. The van der Waals surface area contributed by atoms with E-state index in [-0.39, 0.29) is 22.9 Å². The molecule has 0 amide bonds. The summed E-state index contributed by atoms with van der Waals surface area (Å²) >= 11 is 0. The number of carbonyl (C=O) groups is 1. The van der Waals surface area contributed by atoms with Crippen LogP contribution in [0.25, 0.3) is 0 Å². The number of carboxylic acid groups (broad SMARTS) is 1. The van der Waals surface area contributed by atoms with Crippen LogP contribution in [0.15, 0.2) is 0 Å². The van der Waals surface area contributed by atoms with Gasteiger partial charge in [0.25, 0.3) is 0 Å². The predicted octanol–water partition coefficient (Wildman–Crippen LogP) is 3.47. The minimum Gasteiger partial charge on any atom is -0.481 e. The normalized spacial score (nSPS) is 29.4. The molecular formula is C15H26O3. The van der Waals surface area contributed by atoms with Crippen LogP contribution >= 0.6 is 0 Å². The van der Waals surface area contributed by atoms with Crippen molar-refractivity contribution in [2.45, 2.75) is 64.9 Å². The van der Waals surface area contributed by atoms with E-state index in [2.05, 4.69) is 0 Å². The van der Waals surface area contributed by atoms with E-state index in [0.29, 0.717) is 0 Å². The van der Waals surface area contributed by atoms with Gasteiger partial charge in [0.15, 0.2) is 0 Å². The first-order valence-corrected chi connectivity index (χ1v) is 7.21. The first kappa shape index (κ1) is 13.9. The minimum atomic E-state index is -0.637. The molecule has 1 heterocycles. The average molecular weight is 254 g/mol. The first-order chi connectivity index (χ1) is 8.34. The van der Waals surface area contributed by atoms with Gasteiger partial charge in [0.1, 0.15) is 0 Å². The Morgan fingerprint density at radius 3 is 2.44 bits per heavy atom. The molecule has 0 bridgehead atoms. The second kappa shape index (κ2) is 4.84. The van der Waals surface area contributed by atoms with Crippen LogP contribution in [0.4, 0.5) is 0 Å². The number of aliphatic carboxylic acids is 1. The third kappa shape index (κ3) is 2.71. The second-order valence-corrected chi connectivity index (χ2v) is 7.17. The maximum atomic E-state index is 11.6. The molecule has 1 aliphatic heterocycles. The van der Waals surface area contributed by atoms with Gasteiger partial charge in [0.2, 0.25) is 0 Å². The number of hydrogen-bond donors (Lipinski definition) is 1. The van der Waals surface area contributed by atoms with Gasteiger partial charge in [0, 0.05) is 6.61 Å². The van der Waals surface area contributed by atoms with E-state index in [9.17, 15) is 9.90 Å². The number of carboxylic acids is 1. The van der Waals surface area contributed by atoms with Crippen LogP contribution in [0.5, 0.6) is 0 Å². The highest BCUT2D eigenvalue weighted by atomic mass is 16.5. The lowest BCUT2D eigenvalue weighted by molar-refractivity contribution is -0.156. The molecule has 1 N–H and O–H groups in total. The van der Waals surface area contributed by atoms with Gasteiger partial charge in [-0.1, -0.05) is 33.6 Å². The molecule has 18 heavy (non-hydrogen) atoms. The van der Waals surface area contributed by atoms with Crippen LogP contribution in [-0.4, -0.2) is 23.3 Å². The molecule has 1 spiro atoms. The Balaban J connectivity index is 2.13. The number of hydrogen-bond acceptors (Lipinski definition) is 2. The van der Waals surface area contributed by atoms with Crippen molar-refractivity contribution in [3.05, 3.63) is 0 Å². The summed E-state index contributed by atoms with van der Waals surface area (Å²) in [5, 5.41) is 9.55. The summed E-state index contributed by atoms with van der Waals surface area (Å²) in [7, 11) is 0. The van der Waals surface area contributed by atoms with Crippen LogP contribution in [0.3, 0.4) is 0 Å². The van der Waals surface area contributed by atoms with E-state index < -0.39 is 5.97 Å². The molecule has 0 aromatic rings. The molecule has 2 atom stereocenters. The molecule has 0 aromatic heterocycles. The summed E-state index contributed by atoms with van der Waals surface area (Å²) in [6, 6.07) is 0. The Bertz CT molecular complexity index is 310. The van der Waals surface area contributed by atoms with Crippen molar-refractivity contribution in [1.29, 1.82) is 0 Å². The minimum absolute atomic E-state index is 0.0157. The summed E-state index contributed by atoms with van der Waals surface area (Å²) in [5.41, 5.74) is -0.157. The van der Waals surface area contributed by atoms with Gasteiger partial charge in [-0.2, -0.15) is 0 Å². The quantitative estimate of drug-likeness (QED) is 0.820. The van der Waals surface area contributed by atoms with Gasteiger partial charge in [-0.05, 0) is 37.0 Å². The molecular weight excluding hydrogens is 228 g/mol. The van der Waals surface area contributed by atoms with Gasteiger partial charge < -0.3 is 9.84 Å². The molecule has 3 heteroatoms. The van der Waals surface area contributed by atoms with Gasteiger partial charge in [-0.3, -0.25) is 4.79 Å². The van der Waals surface area contributed by atoms with E-state index >= 15 is 0 Å². The highest BCUT2D eigenvalue weighted by Gasteiger charge is 2.46. The molecule has 104 valence electrons. The Morgan fingerprint density at radius 1 is 1.33 bits per heavy atom. The molecule has 0 aromatic carbocycles. The molecule has 2 fully saturated rings. The van der Waals surface area contributed by atoms with E-state index in [0.717, 1.165) is 32.3 Å². The molecule has 3 nitrogen and oxygen atoms in total. The van der Waals surface area contributed by atoms with Crippen LogP contribution in [0.1, 0.15) is 59.3 Å². The van der Waals surface area contributed by atoms with Gasteiger partial charge >= 0.3 is 5.97 Å². The Labute approximate surface area is 110 Å². The highest BCUT2D eigenvalue weighted by Crippen LogP contribution is 2.47. The molecule has 1 saturated heterocycles. The number of rotatable bonds is 2. The molecule has 0 radical (unpaired) electrons. The van der Waals surface area contributed by atoms with Crippen molar-refractivity contribution in [3.8, 4) is 0 Å². The zero-order valence-electron chi connectivity index (χ0n) is 11.9. The molecule has 2 unspecified atom stereocenters. The summed E-state index contributed by atoms with van der Waals surface area (Å²) < 4.78 is 6.01. The van der Waals surface area contributed by atoms with Crippen LogP contribution in [0.2, 0.25) is 0 Å². The second-order valence-electron chi connectivity index (χ2n) is 7.17. The van der Waals surface area contributed by atoms with Crippen molar-refractivity contribution < 1.29 is 14.6 Å². The molecule has 2 rings (SSSR count). The van der Waals surface area contributed by atoms with Crippen molar-refractivity contribution >= 4 is 5.97 Å². The standard InChI is InChI=1S/C15H26O3/c1-14(2,3)12(13(16)17)11-6-9-18-15(10-11)7-4-5-8-15/h11-12H,4-10H2,1-3H3,(H,16,17). The third-order valence-corrected chi connectivity index (χ3v) is 4.72. The lowest BCUT2D eigenvalue weighted by Gasteiger charge is -2.43. The van der Waals surface area contributed by atoms with E-state index in [1.807, 2.05) is 20.8 Å². The van der Waals surface area contributed by atoms with Crippen molar-refractivity contribution in [1.82, 2.24) is 0 Å². The van der Waals surface area contributed by atoms with Crippen molar-refractivity contribution in [3.63, 3.8) is 0 Å². The summed E-state index contributed by atoms with van der Waals surface area (Å²) in [6.07, 6.45) is 6.57. The summed E-state index contributed by atoms with van der Waals surface area (Å²) in [6.45, 7) is 6.87. The maximum Gasteiger partial charge on any atom is 0.307 e. The first-order valence-electron chi connectivity index (χ1n) is 7.21. The predicted molar refractivity (Wildman–Crippen MR) is 70.5 cm³/mol. The van der Waals surface area contributed by atoms with Gasteiger partial charge in [-0.15, -0.1) is 0 Å². The van der Waals surface area contributed by atoms with Crippen LogP contribution in [-0.2, 0) is 9.53 Å².